The highest BCUT2D eigenvalue weighted by Crippen LogP contribution is 2.35. The summed E-state index contributed by atoms with van der Waals surface area (Å²) in [5.74, 6) is 1.58. The molecule has 0 amide bonds. The van der Waals surface area contributed by atoms with Crippen LogP contribution in [0.2, 0.25) is 0 Å². The lowest BCUT2D eigenvalue weighted by Crippen LogP contribution is -2.25. The molecule has 0 aromatic heterocycles. The van der Waals surface area contributed by atoms with Crippen molar-refractivity contribution in [2.24, 2.45) is 5.92 Å². The molecule has 0 heterocycles. The fourth-order valence-corrected chi connectivity index (χ4v) is 4.50. The van der Waals surface area contributed by atoms with Gasteiger partial charge in [-0.3, -0.25) is 9.59 Å². The Morgan fingerprint density at radius 3 is 2.80 bits per heavy atom. The number of Topliss-reactive ketones (excluding diaryl/α,β-unsaturated/α-hetero) is 2. The number of rotatable bonds is 6. The number of thioether (sulfide) groups is 1. The fourth-order valence-electron chi connectivity index (χ4n) is 3.08. The Balaban J connectivity index is 1.80. The van der Waals surface area contributed by atoms with Crippen molar-refractivity contribution in [1.82, 2.24) is 0 Å². The largest absolute Gasteiger partial charge is 0.289 e. The smallest absolute Gasteiger partial charge is 0.194 e. The number of fused-ring (bicyclic) bond motifs is 2. The molecular formula is C19H20FO3PS. The van der Waals surface area contributed by atoms with Gasteiger partial charge in [0.1, 0.15) is 0 Å². The number of carbonyl (C=O) groups excluding carboxylic acids is 2. The van der Waals surface area contributed by atoms with Crippen molar-refractivity contribution < 1.29 is 19.1 Å². The molecule has 2 aliphatic rings. The summed E-state index contributed by atoms with van der Waals surface area (Å²) in [5.41, 5.74) is 3.11. The first-order valence-electron chi connectivity index (χ1n) is 8.22. The highest BCUT2D eigenvalue weighted by Gasteiger charge is 2.34. The van der Waals surface area contributed by atoms with E-state index in [2.05, 4.69) is 14.2 Å². The number of hydrogen-bond donors (Lipinski definition) is 0. The van der Waals surface area contributed by atoms with E-state index in [1.54, 1.807) is 17.8 Å². The van der Waals surface area contributed by atoms with Gasteiger partial charge in [-0.15, -0.1) is 9.24 Å². The van der Waals surface area contributed by atoms with Crippen LogP contribution in [0.3, 0.4) is 0 Å². The van der Waals surface area contributed by atoms with Gasteiger partial charge in [0.25, 0.3) is 0 Å². The van der Waals surface area contributed by atoms with E-state index in [9.17, 15) is 14.1 Å². The molecule has 3 atom stereocenters. The van der Waals surface area contributed by atoms with Crippen LogP contribution in [0.15, 0.2) is 41.5 Å². The van der Waals surface area contributed by atoms with Gasteiger partial charge < -0.3 is 0 Å². The van der Waals surface area contributed by atoms with E-state index in [0.29, 0.717) is 28.0 Å². The minimum atomic E-state index is -0.0611. The molecule has 0 radical (unpaired) electrons. The summed E-state index contributed by atoms with van der Waals surface area (Å²) in [7, 11) is 2.55. The van der Waals surface area contributed by atoms with E-state index in [-0.39, 0.29) is 29.8 Å². The second-order valence-electron chi connectivity index (χ2n) is 6.50. The summed E-state index contributed by atoms with van der Waals surface area (Å²) in [4.78, 5) is 29.1. The zero-order valence-corrected chi connectivity index (χ0v) is 15.9. The Hall–Kier alpha value is -1.29. The summed E-state index contributed by atoms with van der Waals surface area (Å²) in [6.45, 7) is 2.09. The molecule has 6 heteroatoms. The molecular weight excluding hydrogens is 358 g/mol. The molecule has 0 N–H and O–H groups in total. The van der Waals surface area contributed by atoms with E-state index in [0.717, 1.165) is 17.7 Å². The molecule has 1 aromatic rings. The molecule has 3 rings (SSSR count). The maximum Gasteiger partial charge on any atom is 0.194 e. The first-order chi connectivity index (χ1) is 12.0. The third-order valence-corrected chi connectivity index (χ3v) is 6.35. The summed E-state index contributed by atoms with van der Waals surface area (Å²) in [6.07, 6.45) is 4.59. The van der Waals surface area contributed by atoms with Crippen LogP contribution >= 0.6 is 21.0 Å². The SMILES string of the molecule is CC1C=C2C(=O)c3cc(CSCC(P)COF)ccc3C(=O)C2=CC1. The second-order valence-corrected chi connectivity index (χ2v) is 8.47. The molecule has 0 spiro atoms. The van der Waals surface area contributed by atoms with Crippen molar-refractivity contribution in [2.75, 3.05) is 12.4 Å². The average Bonchev–Trinajstić information content (AvgIpc) is 2.60. The predicted molar refractivity (Wildman–Crippen MR) is 102 cm³/mol. The molecule has 0 saturated carbocycles. The molecule has 1 aromatic carbocycles. The van der Waals surface area contributed by atoms with E-state index >= 15 is 0 Å². The standard InChI is InChI=1S/C19H20FO3PS/c1-11-2-4-14-16(6-11)19(22)17-7-12(3-5-15(17)18(14)21)9-25-10-13(24)8-23-20/h3-7,11,13H,2,8-10,24H2,1H3. The topological polar surface area (TPSA) is 43.4 Å². The van der Waals surface area contributed by atoms with Crippen LogP contribution in [0.5, 0.6) is 0 Å². The first kappa shape index (κ1) is 18.5. The van der Waals surface area contributed by atoms with Gasteiger partial charge in [0.15, 0.2) is 11.6 Å². The lowest BCUT2D eigenvalue weighted by molar-refractivity contribution is -0.129. The molecule has 0 fully saturated rings. The lowest BCUT2D eigenvalue weighted by Gasteiger charge is -2.24. The van der Waals surface area contributed by atoms with E-state index in [4.69, 9.17) is 0 Å². The van der Waals surface area contributed by atoms with Crippen LogP contribution in [0.25, 0.3) is 0 Å². The van der Waals surface area contributed by atoms with Crippen LogP contribution in [0, 0.1) is 5.92 Å². The van der Waals surface area contributed by atoms with Gasteiger partial charge in [0.2, 0.25) is 0 Å². The summed E-state index contributed by atoms with van der Waals surface area (Å²) >= 11 is 1.64. The molecule has 3 unspecified atom stereocenters. The van der Waals surface area contributed by atoms with E-state index in [1.165, 1.54) is 0 Å². The lowest BCUT2D eigenvalue weighted by atomic mass is 9.77. The number of allylic oxidation sites excluding steroid dienone is 4. The van der Waals surface area contributed by atoms with Crippen molar-refractivity contribution in [3.8, 4) is 0 Å². The van der Waals surface area contributed by atoms with Gasteiger partial charge in [-0.2, -0.15) is 16.7 Å². The normalized spacial score (nSPS) is 20.5. The van der Waals surface area contributed by atoms with Crippen LogP contribution in [-0.4, -0.2) is 29.6 Å². The minimum Gasteiger partial charge on any atom is -0.289 e. The van der Waals surface area contributed by atoms with Gasteiger partial charge in [-0.25, -0.2) is 0 Å². The van der Waals surface area contributed by atoms with Crippen LogP contribution in [0.1, 0.15) is 39.6 Å². The van der Waals surface area contributed by atoms with E-state index < -0.39 is 0 Å². The Kier molecular flexibility index (Phi) is 5.88. The van der Waals surface area contributed by atoms with Crippen molar-refractivity contribution >= 4 is 32.6 Å². The summed E-state index contributed by atoms with van der Waals surface area (Å²) < 4.78 is 11.8. The van der Waals surface area contributed by atoms with Gasteiger partial charge in [0, 0.05) is 39.4 Å². The molecule has 0 aliphatic heterocycles. The molecule has 3 nitrogen and oxygen atoms in total. The second kappa shape index (κ2) is 7.94. The Morgan fingerprint density at radius 2 is 2.04 bits per heavy atom. The Bertz CT molecular complexity index is 772. The fraction of sp³-hybridized carbons (Fsp3) is 0.368. The quantitative estimate of drug-likeness (QED) is 0.691. The zero-order valence-electron chi connectivity index (χ0n) is 14.0. The predicted octanol–water partition coefficient (Wildman–Crippen LogP) is 4.34. The number of ketones is 2. The Labute approximate surface area is 153 Å². The third kappa shape index (κ3) is 3.94. The molecule has 0 bridgehead atoms. The molecule has 25 heavy (non-hydrogen) atoms. The summed E-state index contributed by atoms with van der Waals surface area (Å²) in [5, 5.41) is 0. The van der Waals surface area contributed by atoms with Crippen molar-refractivity contribution in [3.63, 3.8) is 0 Å². The van der Waals surface area contributed by atoms with Gasteiger partial charge in [-0.05, 0) is 34.6 Å². The maximum atomic E-state index is 12.8. The number of halogens is 1. The van der Waals surface area contributed by atoms with Gasteiger partial charge >= 0.3 is 0 Å². The van der Waals surface area contributed by atoms with Crippen LogP contribution < -0.4 is 0 Å². The minimum absolute atomic E-state index is 0.0393. The maximum absolute atomic E-state index is 12.8. The van der Waals surface area contributed by atoms with Crippen molar-refractivity contribution in [2.45, 2.75) is 24.8 Å². The molecule has 0 saturated heterocycles. The van der Waals surface area contributed by atoms with Crippen molar-refractivity contribution in [3.05, 3.63) is 58.2 Å². The van der Waals surface area contributed by atoms with Crippen molar-refractivity contribution in [1.29, 1.82) is 0 Å². The first-order valence-corrected chi connectivity index (χ1v) is 10.0. The molecule has 132 valence electrons. The molecule has 2 aliphatic carbocycles. The zero-order chi connectivity index (χ0) is 18.0. The third-order valence-electron chi connectivity index (χ3n) is 4.38. The van der Waals surface area contributed by atoms with Crippen LogP contribution in [-0.2, 0) is 10.7 Å². The average molecular weight is 378 g/mol. The highest BCUT2D eigenvalue weighted by molar-refractivity contribution is 7.98. The Morgan fingerprint density at radius 1 is 1.28 bits per heavy atom. The van der Waals surface area contributed by atoms with Gasteiger partial charge in [-0.1, -0.05) is 25.1 Å². The van der Waals surface area contributed by atoms with Gasteiger partial charge in [0.05, 0.1) is 6.61 Å². The highest BCUT2D eigenvalue weighted by atomic mass is 32.2. The number of benzene rings is 1. The summed E-state index contributed by atoms with van der Waals surface area (Å²) in [6, 6.07) is 5.47. The monoisotopic (exact) mass is 378 g/mol. The van der Waals surface area contributed by atoms with Crippen LogP contribution in [0.4, 0.5) is 4.53 Å². The number of carbonyl (C=O) groups is 2. The number of hydrogen-bond acceptors (Lipinski definition) is 4. The van der Waals surface area contributed by atoms with E-state index in [1.807, 2.05) is 31.2 Å².